The summed E-state index contributed by atoms with van der Waals surface area (Å²) in [6.07, 6.45) is -0.573. The molecule has 1 unspecified atom stereocenters. The lowest BCUT2D eigenvalue weighted by Crippen LogP contribution is -2.59. The van der Waals surface area contributed by atoms with Gasteiger partial charge in [-0.05, 0) is 55.5 Å². The minimum Gasteiger partial charge on any atom is -0.497 e. The van der Waals surface area contributed by atoms with Crippen LogP contribution in [0, 0.1) is 23.7 Å². The quantitative estimate of drug-likeness (QED) is 0.150. The molecule has 0 bridgehead atoms. The normalized spacial score (nSPS) is 19.7. The molecule has 0 radical (unpaired) electrons. The van der Waals surface area contributed by atoms with Gasteiger partial charge in [0, 0.05) is 40.5 Å². The Balaban J connectivity index is 2.29. The maximum absolute atomic E-state index is 14.3. The fourth-order valence-corrected chi connectivity index (χ4v) is 7.41. The molecule has 1 aromatic rings. The lowest BCUT2D eigenvalue weighted by Gasteiger charge is -2.41. The summed E-state index contributed by atoms with van der Waals surface area (Å²) in [7, 11) is 9.58. The number of ketones is 1. The second-order valence-corrected chi connectivity index (χ2v) is 15.1. The molecule has 2 rings (SSSR count). The van der Waals surface area contributed by atoms with E-state index < -0.39 is 42.3 Å². The van der Waals surface area contributed by atoms with E-state index in [1.807, 2.05) is 41.5 Å². The molecule has 306 valence electrons. The zero-order chi connectivity index (χ0) is 40.9. The van der Waals surface area contributed by atoms with Crippen LogP contribution in [-0.2, 0) is 33.4 Å². The zero-order valence-corrected chi connectivity index (χ0v) is 34.8. The fourth-order valence-electron chi connectivity index (χ4n) is 7.41. The Bertz CT molecular complexity index is 1370. The Labute approximate surface area is 322 Å². The lowest BCUT2D eigenvalue weighted by atomic mass is 9.89. The predicted octanol–water partition coefficient (Wildman–Crippen LogP) is 2.92. The van der Waals surface area contributed by atoms with Crippen LogP contribution in [0.25, 0.3) is 0 Å². The van der Waals surface area contributed by atoms with Crippen LogP contribution in [0.5, 0.6) is 5.75 Å². The van der Waals surface area contributed by atoms with Crippen molar-refractivity contribution in [2.45, 2.75) is 110 Å². The first kappa shape index (κ1) is 46.6. The van der Waals surface area contributed by atoms with Crippen LogP contribution >= 0.6 is 0 Å². The van der Waals surface area contributed by atoms with Gasteiger partial charge < -0.3 is 44.7 Å². The van der Waals surface area contributed by atoms with E-state index in [1.54, 1.807) is 69.3 Å². The predicted molar refractivity (Wildman–Crippen MR) is 207 cm³/mol. The third kappa shape index (κ3) is 12.0. The van der Waals surface area contributed by atoms with Gasteiger partial charge in [-0.25, -0.2) is 0 Å². The lowest BCUT2D eigenvalue weighted by molar-refractivity contribution is -0.147. The number of benzene rings is 1. The van der Waals surface area contributed by atoms with Gasteiger partial charge in [-0.1, -0.05) is 54.9 Å². The van der Waals surface area contributed by atoms with E-state index >= 15 is 0 Å². The molecule has 0 aliphatic carbocycles. The summed E-state index contributed by atoms with van der Waals surface area (Å²) in [5.41, 5.74) is 0.441. The number of methoxy groups -OCH3 is 4. The molecule has 3 N–H and O–H groups in total. The molecule has 14 heteroatoms. The van der Waals surface area contributed by atoms with Gasteiger partial charge in [-0.2, -0.15) is 0 Å². The number of hydrogen-bond acceptors (Lipinski definition) is 10. The van der Waals surface area contributed by atoms with Crippen LogP contribution in [0.3, 0.4) is 0 Å². The van der Waals surface area contributed by atoms with Gasteiger partial charge in [0.2, 0.25) is 23.6 Å². The van der Waals surface area contributed by atoms with Crippen LogP contribution in [0.4, 0.5) is 0 Å². The van der Waals surface area contributed by atoms with Gasteiger partial charge >= 0.3 is 0 Å². The summed E-state index contributed by atoms with van der Waals surface area (Å²) in [5, 5.41) is 8.75. The molecule has 0 spiro atoms. The SMILES string of the molecule is CCC(C)[C@@H]([C@@H](CC(=O)N1C[C@H](OC)C[C@@H]1[C@H](OC)[C@@H](C)C(=O)NCC(=O)c1ccc(OC)cc1)OC)N(C)C(=O)[C@@H](NC(=O)[C@@H](NC)C(C)C)C(C)C. The molecule has 4 amide bonds. The van der Waals surface area contributed by atoms with Gasteiger partial charge in [0.15, 0.2) is 5.78 Å². The number of amides is 4. The third-order valence-electron chi connectivity index (χ3n) is 10.9. The minimum absolute atomic E-state index is 0.0175. The van der Waals surface area contributed by atoms with Crippen molar-refractivity contribution in [2.75, 3.05) is 55.6 Å². The number of carbonyl (C=O) groups is 5. The van der Waals surface area contributed by atoms with Crippen molar-refractivity contribution in [1.82, 2.24) is 25.8 Å². The third-order valence-corrected chi connectivity index (χ3v) is 10.9. The van der Waals surface area contributed by atoms with E-state index in [9.17, 15) is 24.0 Å². The van der Waals surface area contributed by atoms with E-state index in [-0.39, 0.29) is 72.8 Å². The van der Waals surface area contributed by atoms with Gasteiger partial charge in [0.05, 0.1) is 62.4 Å². The largest absolute Gasteiger partial charge is 0.497 e. The van der Waals surface area contributed by atoms with Crippen LogP contribution < -0.4 is 20.7 Å². The van der Waals surface area contributed by atoms with E-state index in [1.165, 1.54) is 14.2 Å². The van der Waals surface area contributed by atoms with Gasteiger partial charge in [0.1, 0.15) is 11.8 Å². The van der Waals surface area contributed by atoms with Crippen molar-refractivity contribution in [2.24, 2.45) is 23.7 Å². The average molecular weight is 762 g/mol. The second kappa shape index (κ2) is 22.1. The molecule has 9 atom stereocenters. The smallest absolute Gasteiger partial charge is 0.245 e. The standard InChI is InChI=1S/C40H67N5O9/c1-14-25(6)36(44(9)40(50)35(24(4)5)43-39(49)34(41-8)23(2)3)32(53-12)20-33(47)45-22-29(52-11)19-30(45)37(54-13)26(7)38(48)42-21-31(46)27-15-17-28(51-10)18-16-27/h15-18,23-26,29-30,32,34-37,41H,14,19-22H2,1-13H3,(H,42,48)(H,43,49)/t25?,26-,29-,30-,32-,34+,35+,36+,37-/m1/s1. The number of ether oxygens (including phenoxy) is 4. The van der Waals surface area contributed by atoms with E-state index in [4.69, 9.17) is 18.9 Å². The molecule has 1 aliphatic rings. The Morgan fingerprint density at radius 1 is 0.889 bits per heavy atom. The van der Waals surface area contributed by atoms with Gasteiger partial charge in [0.25, 0.3) is 0 Å². The second-order valence-electron chi connectivity index (χ2n) is 15.1. The van der Waals surface area contributed by atoms with Gasteiger partial charge in [-0.15, -0.1) is 0 Å². The number of nitrogens with one attached hydrogen (secondary N) is 3. The molecule has 54 heavy (non-hydrogen) atoms. The molecular weight excluding hydrogens is 694 g/mol. The van der Waals surface area contributed by atoms with E-state index in [0.29, 0.717) is 24.2 Å². The molecule has 14 nitrogen and oxygen atoms in total. The van der Waals surface area contributed by atoms with Crippen LogP contribution in [0.15, 0.2) is 24.3 Å². The number of carbonyl (C=O) groups excluding carboxylic acids is 5. The number of Topliss-reactive ketones (excluding diaryl/α,β-unsaturated/α-hetero) is 1. The average Bonchev–Trinajstić information content (AvgIpc) is 3.59. The number of likely N-dealkylation sites (tertiary alicyclic amines) is 1. The first-order valence-electron chi connectivity index (χ1n) is 19.1. The molecule has 1 fully saturated rings. The van der Waals surface area contributed by atoms with E-state index in [2.05, 4.69) is 16.0 Å². The molecule has 0 saturated carbocycles. The Morgan fingerprint density at radius 3 is 1.98 bits per heavy atom. The molecule has 1 aliphatic heterocycles. The monoisotopic (exact) mass is 761 g/mol. The highest BCUT2D eigenvalue weighted by molar-refractivity contribution is 5.99. The summed E-state index contributed by atoms with van der Waals surface area (Å²) < 4.78 is 22.8. The summed E-state index contributed by atoms with van der Waals surface area (Å²) in [4.78, 5) is 71.2. The first-order chi connectivity index (χ1) is 25.5. The number of likely N-dealkylation sites (N-methyl/N-ethyl adjacent to an activating group) is 2. The Hall–Kier alpha value is -3.59. The van der Waals surface area contributed by atoms with E-state index in [0.717, 1.165) is 0 Å². The maximum atomic E-state index is 14.3. The van der Waals surface area contributed by atoms with Crippen molar-refractivity contribution in [3.63, 3.8) is 0 Å². The molecule has 0 aromatic heterocycles. The van der Waals surface area contributed by atoms with Crippen molar-refractivity contribution in [3.05, 3.63) is 29.8 Å². The summed E-state index contributed by atoms with van der Waals surface area (Å²) in [6, 6.07) is 4.39. The molecule has 1 heterocycles. The van der Waals surface area contributed by atoms with Crippen molar-refractivity contribution < 1.29 is 42.9 Å². The fraction of sp³-hybridized carbons (Fsp3) is 0.725. The molecular formula is C40H67N5O9. The highest BCUT2D eigenvalue weighted by atomic mass is 16.5. The zero-order valence-electron chi connectivity index (χ0n) is 34.8. The Morgan fingerprint density at radius 2 is 1.50 bits per heavy atom. The first-order valence-corrected chi connectivity index (χ1v) is 19.1. The highest BCUT2D eigenvalue weighted by Gasteiger charge is 2.45. The maximum Gasteiger partial charge on any atom is 0.245 e. The van der Waals surface area contributed by atoms with Crippen molar-refractivity contribution in [3.8, 4) is 5.75 Å². The summed E-state index contributed by atoms with van der Waals surface area (Å²) in [5.74, 6) is -1.72. The van der Waals surface area contributed by atoms with Crippen LogP contribution in [-0.4, -0.2) is 137 Å². The van der Waals surface area contributed by atoms with Crippen molar-refractivity contribution in [1.29, 1.82) is 0 Å². The summed E-state index contributed by atoms with van der Waals surface area (Å²) >= 11 is 0. The van der Waals surface area contributed by atoms with Crippen LogP contribution in [0.2, 0.25) is 0 Å². The Kier molecular flexibility index (Phi) is 19.0. The number of rotatable bonds is 22. The minimum atomic E-state index is -0.788. The highest BCUT2D eigenvalue weighted by Crippen LogP contribution is 2.31. The molecule has 1 saturated heterocycles. The van der Waals surface area contributed by atoms with Crippen LogP contribution in [0.1, 0.15) is 78.1 Å². The number of hydrogen-bond donors (Lipinski definition) is 3. The number of nitrogens with zero attached hydrogens (tertiary/aromatic N) is 2. The summed E-state index contributed by atoms with van der Waals surface area (Å²) in [6.45, 7) is 13.5. The van der Waals surface area contributed by atoms with Gasteiger partial charge in [-0.3, -0.25) is 24.0 Å². The van der Waals surface area contributed by atoms with Crippen molar-refractivity contribution >= 4 is 29.4 Å². The topological polar surface area (TPSA) is 165 Å². The molecule has 1 aromatic carbocycles.